The summed E-state index contributed by atoms with van der Waals surface area (Å²) in [5.41, 5.74) is 16.1. The highest BCUT2D eigenvalue weighted by Gasteiger charge is 2.27. The highest BCUT2D eigenvalue weighted by Crippen LogP contribution is 2.52. The monoisotopic (exact) mass is 875 g/mol. The number of benzene rings is 8. The van der Waals surface area contributed by atoms with Gasteiger partial charge in [-0.15, -0.1) is 22.7 Å². The number of hydrogen-bond acceptors (Lipinski definition) is 4. The molecule has 0 aliphatic heterocycles. The smallest absolute Gasteiger partial charge is 0.0728 e. The van der Waals surface area contributed by atoms with Gasteiger partial charge in [0.05, 0.1) is 25.9 Å². The molecule has 0 saturated carbocycles. The Morgan fingerprint density at radius 2 is 0.708 bits per heavy atom. The van der Waals surface area contributed by atoms with Crippen LogP contribution in [0.4, 0.5) is 34.1 Å². The Bertz CT molecular complexity index is 3480. The molecule has 0 aliphatic rings. The summed E-state index contributed by atoms with van der Waals surface area (Å²) in [6.45, 7) is 13.7. The van der Waals surface area contributed by atoms with Gasteiger partial charge in [-0.1, -0.05) is 133 Å². The molecule has 8 aromatic carbocycles. The Morgan fingerprint density at radius 3 is 1.11 bits per heavy atom. The summed E-state index contributed by atoms with van der Waals surface area (Å²) >= 11 is 3.84. The number of para-hydroxylation sites is 2. The van der Waals surface area contributed by atoms with E-state index in [0.29, 0.717) is 0 Å². The van der Waals surface area contributed by atoms with E-state index < -0.39 is 0 Å². The molecule has 3 nitrogen and oxygen atoms in total. The molecule has 0 saturated heterocycles. The molecule has 316 valence electrons. The first-order chi connectivity index (χ1) is 31.5. The van der Waals surface area contributed by atoms with Crippen LogP contribution in [0.1, 0.15) is 52.7 Å². The van der Waals surface area contributed by atoms with Crippen molar-refractivity contribution in [1.82, 2.24) is 4.40 Å². The molecule has 0 unspecified atom stereocenters. The van der Waals surface area contributed by atoms with Crippen LogP contribution in [-0.4, -0.2) is 4.40 Å². The second kappa shape index (κ2) is 14.8. The Morgan fingerprint density at radius 1 is 0.338 bits per heavy atom. The Hall–Kier alpha value is -6.92. The van der Waals surface area contributed by atoms with Crippen LogP contribution >= 0.6 is 22.7 Å². The molecule has 12 aromatic rings. The van der Waals surface area contributed by atoms with E-state index in [1.54, 1.807) is 0 Å². The first-order valence-electron chi connectivity index (χ1n) is 22.6. The van der Waals surface area contributed by atoms with Crippen molar-refractivity contribution in [3.05, 3.63) is 199 Å². The normalized spacial score (nSPS) is 12.5. The first kappa shape index (κ1) is 39.7. The third-order valence-electron chi connectivity index (χ3n) is 13.2. The van der Waals surface area contributed by atoms with E-state index in [9.17, 15) is 0 Å². The standard InChI is InChI=1S/C60H49N3S2/c1-59(2,3)40-22-26-44(27-23-40)61(42-18-12-8-13-19-42)46-30-32-48-52(36-46)64-57-50-34-39(38-16-10-7-11-17-38)35-51-54(50)63(55(48)57)56-49-33-31-47(37-53(49)65-58(51)56)62(43-20-14-9-15-21-43)45-28-24-41(25-29-45)60(4,5)6/h7-37H,1-6H3. The lowest BCUT2D eigenvalue weighted by Gasteiger charge is -2.27. The molecule has 0 bridgehead atoms. The summed E-state index contributed by atoms with van der Waals surface area (Å²) in [4.78, 5) is 4.79. The number of rotatable bonds is 7. The minimum atomic E-state index is 0.0794. The van der Waals surface area contributed by atoms with E-state index in [-0.39, 0.29) is 10.8 Å². The molecule has 0 amide bonds. The Labute approximate surface area is 388 Å². The average Bonchev–Trinajstić information content (AvgIpc) is 4.05. The summed E-state index contributed by atoms with van der Waals surface area (Å²) in [5.74, 6) is 0. The van der Waals surface area contributed by atoms with E-state index in [2.05, 4.69) is 244 Å². The molecule has 0 radical (unpaired) electrons. The van der Waals surface area contributed by atoms with Crippen molar-refractivity contribution in [3.8, 4) is 11.1 Å². The SMILES string of the molecule is CC(C)(C)c1ccc(N(c2ccccc2)c2ccc3c(c2)sc2c4cc(-c5ccccc5)cc5c6sc7cc(N(c8ccccc8)c8ccc(C(C)(C)C)cc8)ccc7c6n(c45)c32)cc1. The fourth-order valence-electron chi connectivity index (χ4n) is 9.85. The summed E-state index contributed by atoms with van der Waals surface area (Å²) in [6, 6.07) is 69.7. The molecule has 0 fully saturated rings. The Balaban J connectivity index is 1.08. The maximum absolute atomic E-state index is 2.61. The number of hydrogen-bond donors (Lipinski definition) is 0. The fraction of sp³-hybridized carbons (Fsp3) is 0.133. The molecular weight excluding hydrogens is 827 g/mol. The van der Waals surface area contributed by atoms with Crippen molar-refractivity contribution >= 4 is 114 Å². The van der Waals surface area contributed by atoms with E-state index in [0.717, 1.165) is 34.1 Å². The van der Waals surface area contributed by atoms with Gasteiger partial charge in [-0.2, -0.15) is 0 Å². The van der Waals surface area contributed by atoms with Gasteiger partial charge in [0.15, 0.2) is 0 Å². The van der Waals surface area contributed by atoms with Gasteiger partial charge in [0, 0.05) is 65.1 Å². The first-order valence-corrected chi connectivity index (χ1v) is 24.2. The lowest BCUT2D eigenvalue weighted by atomic mass is 9.87. The number of anilines is 6. The van der Waals surface area contributed by atoms with Gasteiger partial charge in [0.25, 0.3) is 0 Å². The molecular formula is C60H49N3S2. The number of thiophene rings is 2. The Kier molecular flexibility index (Phi) is 9.04. The van der Waals surface area contributed by atoms with Crippen molar-refractivity contribution in [1.29, 1.82) is 0 Å². The van der Waals surface area contributed by atoms with Crippen molar-refractivity contribution in [2.24, 2.45) is 0 Å². The predicted molar refractivity (Wildman–Crippen MR) is 284 cm³/mol. The average molecular weight is 876 g/mol. The zero-order valence-corrected chi connectivity index (χ0v) is 39.2. The molecule has 0 spiro atoms. The predicted octanol–water partition coefficient (Wildman–Crippen LogP) is 18.5. The summed E-state index contributed by atoms with van der Waals surface area (Å²) in [5, 5.41) is 5.20. The lowest BCUT2D eigenvalue weighted by molar-refractivity contribution is 0.590. The van der Waals surface area contributed by atoms with Gasteiger partial charge in [-0.25, -0.2) is 0 Å². The molecule has 0 aliphatic carbocycles. The number of fused-ring (bicyclic) bond motifs is 10. The topological polar surface area (TPSA) is 10.9 Å². The quantitative estimate of drug-likeness (QED) is 0.158. The van der Waals surface area contributed by atoms with Gasteiger partial charge < -0.3 is 14.2 Å². The molecule has 0 atom stereocenters. The highest BCUT2D eigenvalue weighted by atomic mass is 32.1. The van der Waals surface area contributed by atoms with Crippen molar-refractivity contribution in [2.45, 2.75) is 52.4 Å². The molecule has 4 heterocycles. The molecule has 12 rings (SSSR count). The van der Waals surface area contributed by atoms with Gasteiger partial charge in [0.1, 0.15) is 0 Å². The molecule has 0 N–H and O–H groups in total. The van der Waals surface area contributed by atoms with Crippen molar-refractivity contribution in [3.63, 3.8) is 0 Å². The number of aromatic nitrogens is 1. The summed E-state index contributed by atoms with van der Waals surface area (Å²) in [7, 11) is 0. The van der Waals surface area contributed by atoms with E-state index in [1.165, 1.54) is 79.1 Å². The zero-order chi connectivity index (χ0) is 44.2. The summed E-state index contributed by atoms with van der Waals surface area (Å²) in [6.07, 6.45) is 0. The highest BCUT2D eigenvalue weighted by molar-refractivity contribution is 7.27. The maximum Gasteiger partial charge on any atom is 0.0728 e. The molecule has 65 heavy (non-hydrogen) atoms. The van der Waals surface area contributed by atoms with Gasteiger partial charge in [-0.05, 0) is 130 Å². The maximum atomic E-state index is 2.61. The minimum Gasteiger partial charge on any atom is -0.310 e. The van der Waals surface area contributed by atoms with Crippen LogP contribution < -0.4 is 9.80 Å². The molecule has 4 aromatic heterocycles. The van der Waals surface area contributed by atoms with Crippen LogP contribution in [-0.2, 0) is 10.8 Å². The molecule has 5 heteroatoms. The van der Waals surface area contributed by atoms with Crippen LogP contribution in [0.15, 0.2) is 188 Å². The van der Waals surface area contributed by atoms with Crippen molar-refractivity contribution in [2.75, 3.05) is 9.80 Å². The van der Waals surface area contributed by atoms with Gasteiger partial charge >= 0.3 is 0 Å². The van der Waals surface area contributed by atoms with Crippen LogP contribution in [0.3, 0.4) is 0 Å². The van der Waals surface area contributed by atoms with E-state index in [1.807, 2.05) is 22.7 Å². The van der Waals surface area contributed by atoms with Crippen molar-refractivity contribution < 1.29 is 0 Å². The minimum absolute atomic E-state index is 0.0794. The van der Waals surface area contributed by atoms with Crippen LogP contribution in [0, 0.1) is 0 Å². The third-order valence-corrected chi connectivity index (χ3v) is 15.6. The van der Waals surface area contributed by atoms with Gasteiger partial charge in [-0.3, -0.25) is 0 Å². The van der Waals surface area contributed by atoms with Crippen LogP contribution in [0.2, 0.25) is 0 Å². The zero-order valence-electron chi connectivity index (χ0n) is 37.6. The number of nitrogens with zero attached hydrogens (tertiary/aromatic N) is 3. The summed E-state index contributed by atoms with van der Waals surface area (Å²) < 4.78 is 7.85. The van der Waals surface area contributed by atoms with E-state index in [4.69, 9.17) is 0 Å². The largest absolute Gasteiger partial charge is 0.310 e. The third kappa shape index (κ3) is 6.51. The van der Waals surface area contributed by atoms with E-state index >= 15 is 0 Å². The second-order valence-corrected chi connectivity index (χ2v) is 21.6. The second-order valence-electron chi connectivity index (χ2n) is 19.5. The van der Waals surface area contributed by atoms with Crippen LogP contribution in [0.5, 0.6) is 0 Å². The fourth-order valence-corrected chi connectivity index (χ4v) is 12.3. The van der Waals surface area contributed by atoms with Crippen LogP contribution in [0.25, 0.3) is 68.0 Å². The van der Waals surface area contributed by atoms with Gasteiger partial charge in [0.2, 0.25) is 0 Å². The lowest BCUT2D eigenvalue weighted by Crippen LogP contribution is -2.13.